The highest BCUT2D eigenvalue weighted by molar-refractivity contribution is 6.30. The standard InChI is InChI=1S/C25H18ClNO3/c26-20-10-7-18(8-11-20)23(25(28)29)15-17-5-13-22(14-6-17)30-16-21-12-9-19-3-1-2-4-24(19)27-21/h1-15H,16H2,(H,28,29)/b23-15+. The van der Waals surface area contributed by atoms with Gasteiger partial charge in [-0.15, -0.1) is 0 Å². The molecule has 0 saturated carbocycles. The molecule has 30 heavy (non-hydrogen) atoms. The van der Waals surface area contributed by atoms with Crippen molar-refractivity contribution >= 4 is 40.1 Å². The molecule has 4 rings (SSSR count). The van der Waals surface area contributed by atoms with Crippen LogP contribution >= 0.6 is 11.6 Å². The van der Waals surface area contributed by atoms with Crippen LogP contribution in [0.5, 0.6) is 5.75 Å². The van der Waals surface area contributed by atoms with Gasteiger partial charge in [0.15, 0.2) is 0 Å². The fourth-order valence-electron chi connectivity index (χ4n) is 3.07. The molecule has 1 heterocycles. The van der Waals surface area contributed by atoms with Crippen LogP contribution in [0.3, 0.4) is 0 Å². The molecule has 0 fully saturated rings. The van der Waals surface area contributed by atoms with Crippen LogP contribution in [-0.4, -0.2) is 16.1 Å². The molecule has 0 atom stereocenters. The molecular weight excluding hydrogens is 398 g/mol. The van der Waals surface area contributed by atoms with Gasteiger partial charge < -0.3 is 9.84 Å². The number of pyridine rings is 1. The summed E-state index contributed by atoms with van der Waals surface area (Å²) in [6.07, 6.45) is 1.63. The second-order valence-electron chi connectivity index (χ2n) is 6.72. The molecule has 0 aliphatic carbocycles. The summed E-state index contributed by atoms with van der Waals surface area (Å²) in [7, 11) is 0. The normalized spacial score (nSPS) is 11.4. The van der Waals surface area contributed by atoms with E-state index in [0.717, 1.165) is 22.2 Å². The first-order chi connectivity index (χ1) is 14.6. The van der Waals surface area contributed by atoms with Crippen molar-refractivity contribution in [2.75, 3.05) is 0 Å². The van der Waals surface area contributed by atoms with E-state index in [1.165, 1.54) is 0 Å². The quantitative estimate of drug-likeness (QED) is 0.305. The summed E-state index contributed by atoms with van der Waals surface area (Å²) in [5.41, 5.74) is 3.32. The number of aliphatic carboxylic acids is 1. The summed E-state index contributed by atoms with van der Waals surface area (Å²) in [4.78, 5) is 16.3. The summed E-state index contributed by atoms with van der Waals surface area (Å²) in [6, 6.07) is 25.9. The first kappa shape index (κ1) is 19.7. The van der Waals surface area contributed by atoms with E-state index in [9.17, 15) is 9.90 Å². The van der Waals surface area contributed by atoms with Crippen molar-refractivity contribution < 1.29 is 14.6 Å². The summed E-state index contributed by atoms with van der Waals surface area (Å²) in [6.45, 7) is 0.352. The number of carbonyl (C=O) groups is 1. The molecule has 1 N–H and O–H groups in total. The number of hydrogen-bond acceptors (Lipinski definition) is 3. The number of carboxylic acid groups (broad SMARTS) is 1. The van der Waals surface area contributed by atoms with Gasteiger partial charge >= 0.3 is 5.97 Å². The number of carboxylic acids is 1. The van der Waals surface area contributed by atoms with Gasteiger partial charge in [0.2, 0.25) is 0 Å². The van der Waals surface area contributed by atoms with Gasteiger partial charge in [0, 0.05) is 10.4 Å². The molecule has 4 aromatic rings. The number of nitrogens with zero attached hydrogens (tertiary/aromatic N) is 1. The molecule has 0 radical (unpaired) electrons. The molecule has 0 aliphatic heterocycles. The van der Waals surface area contributed by atoms with Crippen molar-refractivity contribution in [3.8, 4) is 5.75 Å². The van der Waals surface area contributed by atoms with Crippen LogP contribution in [0.2, 0.25) is 5.02 Å². The van der Waals surface area contributed by atoms with Crippen LogP contribution in [0.4, 0.5) is 0 Å². The molecule has 1 aromatic heterocycles. The Hall–Kier alpha value is -3.63. The Morgan fingerprint density at radius 1 is 0.933 bits per heavy atom. The van der Waals surface area contributed by atoms with Crippen molar-refractivity contribution in [3.63, 3.8) is 0 Å². The zero-order chi connectivity index (χ0) is 20.9. The van der Waals surface area contributed by atoms with Crippen LogP contribution in [0.1, 0.15) is 16.8 Å². The van der Waals surface area contributed by atoms with Crippen molar-refractivity contribution in [3.05, 3.63) is 107 Å². The second-order valence-corrected chi connectivity index (χ2v) is 7.16. The third-order valence-corrected chi connectivity index (χ3v) is 4.87. The highest BCUT2D eigenvalue weighted by atomic mass is 35.5. The van der Waals surface area contributed by atoms with E-state index >= 15 is 0 Å². The summed E-state index contributed by atoms with van der Waals surface area (Å²) < 4.78 is 5.83. The summed E-state index contributed by atoms with van der Waals surface area (Å²) in [5, 5.41) is 11.2. The third kappa shape index (κ3) is 4.67. The zero-order valence-electron chi connectivity index (χ0n) is 16.0. The number of aromatic nitrogens is 1. The highest BCUT2D eigenvalue weighted by Crippen LogP contribution is 2.22. The van der Waals surface area contributed by atoms with Gasteiger partial charge in [-0.3, -0.25) is 0 Å². The van der Waals surface area contributed by atoms with Crippen molar-refractivity contribution in [2.24, 2.45) is 0 Å². The van der Waals surface area contributed by atoms with Crippen LogP contribution in [0.25, 0.3) is 22.6 Å². The number of para-hydroxylation sites is 1. The first-order valence-corrected chi connectivity index (χ1v) is 9.75. The van der Waals surface area contributed by atoms with E-state index < -0.39 is 5.97 Å². The smallest absolute Gasteiger partial charge is 0.336 e. The molecule has 4 nitrogen and oxygen atoms in total. The Labute approximate surface area is 179 Å². The Kier molecular flexibility index (Phi) is 5.77. The lowest BCUT2D eigenvalue weighted by Crippen LogP contribution is -2.00. The van der Waals surface area contributed by atoms with E-state index in [4.69, 9.17) is 16.3 Å². The number of benzene rings is 3. The van der Waals surface area contributed by atoms with Gasteiger partial charge in [-0.1, -0.05) is 60.1 Å². The van der Waals surface area contributed by atoms with Gasteiger partial charge in [0.1, 0.15) is 12.4 Å². The van der Waals surface area contributed by atoms with Crippen LogP contribution in [0.15, 0.2) is 84.9 Å². The number of hydrogen-bond donors (Lipinski definition) is 1. The minimum absolute atomic E-state index is 0.195. The van der Waals surface area contributed by atoms with Gasteiger partial charge in [0.05, 0.1) is 16.8 Å². The van der Waals surface area contributed by atoms with Crippen molar-refractivity contribution in [1.29, 1.82) is 0 Å². The first-order valence-electron chi connectivity index (χ1n) is 9.37. The van der Waals surface area contributed by atoms with Crippen molar-refractivity contribution in [2.45, 2.75) is 6.61 Å². The van der Waals surface area contributed by atoms with Gasteiger partial charge in [-0.05, 0) is 53.6 Å². The third-order valence-electron chi connectivity index (χ3n) is 4.62. The molecule has 3 aromatic carbocycles. The molecule has 0 spiro atoms. The minimum atomic E-state index is -1.000. The molecule has 148 valence electrons. The zero-order valence-corrected chi connectivity index (χ0v) is 16.7. The fourth-order valence-corrected chi connectivity index (χ4v) is 3.20. The van der Waals surface area contributed by atoms with Crippen LogP contribution in [-0.2, 0) is 11.4 Å². The maximum atomic E-state index is 11.7. The van der Waals surface area contributed by atoms with Crippen LogP contribution < -0.4 is 4.74 Å². The predicted octanol–water partition coefficient (Wildman–Crippen LogP) is 6.09. The molecule has 0 aliphatic rings. The maximum absolute atomic E-state index is 11.7. The SMILES string of the molecule is O=C(O)/C(=C/c1ccc(OCc2ccc3ccccc3n2)cc1)c1ccc(Cl)cc1. The topological polar surface area (TPSA) is 59.4 Å². The lowest BCUT2D eigenvalue weighted by atomic mass is 10.0. The Morgan fingerprint density at radius 3 is 2.40 bits per heavy atom. The minimum Gasteiger partial charge on any atom is -0.487 e. The number of ether oxygens (including phenoxy) is 1. The fraction of sp³-hybridized carbons (Fsp3) is 0.0400. The number of fused-ring (bicyclic) bond motifs is 1. The lowest BCUT2D eigenvalue weighted by Gasteiger charge is -2.08. The number of halogens is 1. The highest BCUT2D eigenvalue weighted by Gasteiger charge is 2.10. The molecule has 0 bridgehead atoms. The lowest BCUT2D eigenvalue weighted by molar-refractivity contribution is -0.130. The largest absolute Gasteiger partial charge is 0.487 e. The van der Waals surface area contributed by atoms with E-state index in [2.05, 4.69) is 4.98 Å². The average molecular weight is 416 g/mol. The van der Waals surface area contributed by atoms with Gasteiger partial charge in [-0.2, -0.15) is 0 Å². The Balaban J connectivity index is 1.48. The predicted molar refractivity (Wildman–Crippen MR) is 119 cm³/mol. The maximum Gasteiger partial charge on any atom is 0.336 e. The van der Waals surface area contributed by atoms with E-state index in [0.29, 0.717) is 22.9 Å². The Morgan fingerprint density at radius 2 is 1.67 bits per heavy atom. The molecule has 0 unspecified atom stereocenters. The molecular formula is C25H18ClNO3. The average Bonchev–Trinajstić information content (AvgIpc) is 2.77. The van der Waals surface area contributed by atoms with Crippen molar-refractivity contribution in [1.82, 2.24) is 4.98 Å². The van der Waals surface area contributed by atoms with Crippen LogP contribution in [0, 0.1) is 0 Å². The molecule has 5 heteroatoms. The van der Waals surface area contributed by atoms with E-state index in [1.54, 1.807) is 30.3 Å². The molecule has 0 saturated heterocycles. The Bertz CT molecular complexity index is 1220. The molecule has 0 amide bonds. The number of rotatable bonds is 6. The summed E-state index contributed by atoms with van der Waals surface area (Å²) >= 11 is 5.89. The van der Waals surface area contributed by atoms with E-state index in [1.807, 2.05) is 60.7 Å². The second kappa shape index (κ2) is 8.80. The van der Waals surface area contributed by atoms with E-state index in [-0.39, 0.29) is 5.57 Å². The van der Waals surface area contributed by atoms with Gasteiger partial charge in [0.25, 0.3) is 0 Å². The van der Waals surface area contributed by atoms with Gasteiger partial charge in [-0.25, -0.2) is 9.78 Å². The monoisotopic (exact) mass is 415 g/mol. The summed E-state index contributed by atoms with van der Waals surface area (Å²) in [5.74, 6) is -0.314.